The lowest BCUT2D eigenvalue weighted by atomic mass is 9.93. The Bertz CT molecular complexity index is 548. The van der Waals surface area contributed by atoms with Gasteiger partial charge in [-0.15, -0.1) is 13.2 Å². The molecule has 1 aromatic rings. The molecule has 1 N–H and O–H groups in total. The molecule has 140 valence electrons. The molecule has 1 aliphatic rings. The highest BCUT2D eigenvalue weighted by atomic mass is 19.4. The van der Waals surface area contributed by atoms with Crippen molar-refractivity contribution in [2.45, 2.75) is 32.0 Å². The summed E-state index contributed by atoms with van der Waals surface area (Å²) in [6.07, 6.45) is -1.73. The number of ether oxygens (including phenoxy) is 2. The average molecular weight is 361 g/mol. The Morgan fingerprint density at radius 1 is 1.24 bits per heavy atom. The summed E-state index contributed by atoms with van der Waals surface area (Å²) < 4.78 is 45.6. The Hall–Kier alpha value is -1.96. The Kier molecular flexibility index (Phi) is 6.92. The molecule has 0 radical (unpaired) electrons. The van der Waals surface area contributed by atoms with Crippen molar-refractivity contribution in [3.63, 3.8) is 0 Å². The number of halogens is 3. The van der Waals surface area contributed by atoms with Crippen LogP contribution in [0, 0.1) is 5.92 Å². The van der Waals surface area contributed by atoms with E-state index in [4.69, 9.17) is 9.84 Å². The van der Waals surface area contributed by atoms with E-state index >= 15 is 0 Å². The molecular weight excluding hydrogens is 339 g/mol. The van der Waals surface area contributed by atoms with Gasteiger partial charge >= 0.3 is 12.3 Å². The number of nitrogens with zero attached hydrogens (tertiary/aromatic N) is 1. The number of hydrogen-bond acceptors (Lipinski definition) is 4. The second-order valence-electron chi connectivity index (χ2n) is 6.11. The lowest BCUT2D eigenvalue weighted by molar-refractivity contribution is -0.274. The fourth-order valence-electron chi connectivity index (χ4n) is 2.95. The zero-order valence-corrected chi connectivity index (χ0v) is 13.8. The minimum absolute atomic E-state index is 0.196. The number of carboxylic acid groups (broad SMARTS) is 1. The molecule has 1 aliphatic heterocycles. The van der Waals surface area contributed by atoms with Crippen molar-refractivity contribution in [2.75, 3.05) is 26.2 Å². The van der Waals surface area contributed by atoms with Crippen LogP contribution in [-0.2, 0) is 4.79 Å². The van der Waals surface area contributed by atoms with E-state index in [0.29, 0.717) is 31.2 Å². The Labute approximate surface area is 144 Å². The molecule has 1 aromatic carbocycles. The van der Waals surface area contributed by atoms with Crippen molar-refractivity contribution in [1.82, 2.24) is 4.90 Å². The molecule has 0 aliphatic carbocycles. The highest BCUT2D eigenvalue weighted by Gasteiger charge is 2.31. The minimum atomic E-state index is -4.70. The molecule has 0 bridgehead atoms. The number of likely N-dealkylation sites (tertiary alicyclic amines) is 1. The SMILES string of the molecule is O=C(O)CCC1CCCN(CCOc2ccc(OC(F)(F)F)cc2)C1. The molecule has 1 atom stereocenters. The van der Waals surface area contributed by atoms with Gasteiger partial charge in [-0.05, 0) is 56.0 Å². The molecule has 8 heteroatoms. The lowest BCUT2D eigenvalue weighted by Gasteiger charge is -2.32. The van der Waals surface area contributed by atoms with Gasteiger partial charge in [-0.1, -0.05) is 0 Å². The first-order chi connectivity index (χ1) is 11.8. The van der Waals surface area contributed by atoms with Crippen LogP contribution >= 0.6 is 0 Å². The number of carbonyl (C=O) groups is 1. The smallest absolute Gasteiger partial charge is 0.492 e. The number of alkyl halides is 3. The highest BCUT2D eigenvalue weighted by Crippen LogP contribution is 2.25. The van der Waals surface area contributed by atoms with Crippen LogP contribution < -0.4 is 9.47 Å². The van der Waals surface area contributed by atoms with Crippen molar-refractivity contribution < 1.29 is 32.5 Å². The van der Waals surface area contributed by atoms with Crippen LogP contribution in [0.25, 0.3) is 0 Å². The first-order valence-electron chi connectivity index (χ1n) is 8.24. The average Bonchev–Trinajstić information content (AvgIpc) is 2.54. The van der Waals surface area contributed by atoms with Gasteiger partial charge in [-0.2, -0.15) is 0 Å². The molecule has 1 unspecified atom stereocenters. The number of benzene rings is 1. The maximum Gasteiger partial charge on any atom is 0.573 e. The summed E-state index contributed by atoms with van der Waals surface area (Å²) >= 11 is 0. The monoisotopic (exact) mass is 361 g/mol. The summed E-state index contributed by atoms with van der Waals surface area (Å²) in [7, 11) is 0. The fraction of sp³-hybridized carbons (Fsp3) is 0.588. The molecule has 0 saturated carbocycles. The number of piperidine rings is 1. The van der Waals surface area contributed by atoms with E-state index in [-0.39, 0.29) is 12.2 Å². The molecule has 0 amide bonds. The topological polar surface area (TPSA) is 59.0 Å². The summed E-state index contributed by atoms with van der Waals surface area (Å²) in [5.74, 6) is -0.173. The molecular formula is C17H22F3NO4. The van der Waals surface area contributed by atoms with Crippen LogP contribution in [0.1, 0.15) is 25.7 Å². The second kappa shape index (κ2) is 8.94. The zero-order chi connectivity index (χ0) is 18.3. The van der Waals surface area contributed by atoms with Gasteiger partial charge in [0, 0.05) is 19.5 Å². The minimum Gasteiger partial charge on any atom is -0.492 e. The van der Waals surface area contributed by atoms with E-state index in [1.54, 1.807) is 0 Å². The van der Waals surface area contributed by atoms with E-state index in [1.807, 2.05) is 0 Å². The van der Waals surface area contributed by atoms with Gasteiger partial charge in [0.2, 0.25) is 0 Å². The quantitative estimate of drug-likeness (QED) is 0.767. The predicted octanol–water partition coefficient (Wildman–Crippen LogP) is 3.54. The second-order valence-corrected chi connectivity index (χ2v) is 6.11. The van der Waals surface area contributed by atoms with Crippen molar-refractivity contribution in [1.29, 1.82) is 0 Å². The molecule has 1 fully saturated rings. The first kappa shape index (κ1) is 19.4. The third-order valence-electron chi connectivity index (χ3n) is 4.10. The van der Waals surface area contributed by atoms with Gasteiger partial charge in [0.05, 0.1) is 0 Å². The Morgan fingerprint density at radius 3 is 2.56 bits per heavy atom. The van der Waals surface area contributed by atoms with Crippen LogP contribution in [0.4, 0.5) is 13.2 Å². The van der Waals surface area contributed by atoms with Crippen LogP contribution in [0.5, 0.6) is 11.5 Å². The third-order valence-corrected chi connectivity index (χ3v) is 4.10. The predicted molar refractivity (Wildman–Crippen MR) is 84.7 cm³/mol. The Balaban J connectivity index is 1.70. The van der Waals surface area contributed by atoms with Crippen molar-refractivity contribution in [3.05, 3.63) is 24.3 Å². The zero-order valence-electron chi connectivity index (χ0n) is 13.8. The summed E-state index contributed by atoms with van der Waals surface area (Å²) in [6, 6.07) is 5.30. The number of aliphatic carboxylic acids is 1. The highest BCUT2D eigenvalue weighted by molar-refractivity contribution is 5.66. The fourth-order valence-corrected chi connectivity index (χ4v) is 2.95. The molecule has 1 saturated heterocycles. The first-order valence-corrected chi connectivity index (χ1v) is 8.24. The van der Waals surface area contributed by atoms with Crippen molar-refractivity contribution >= 4 is 5.97 Å². The van der Waals surface area contributed by atoms with Crippen LogP contribution in [0.2, 0.25) is 0 Å². The van der Waals surface area contributed by atoms with Gasteiger partial charge in [0.15, 0.2) is 0 Å². The van der Waals surface area contributed by atoms with Crippen molar-refractivity contribution in [2.24, 2.45) is 5.92 Å². The lowest BCUT2D eigenvalue weighted by Crippen LogP contribution is -2.38. The van der Waals surface area contributed by atoms with E-state index in [1.165, 1.54) is 24.3 Å². The molecule has 0 spiro atoms. The van der Waals surface area contributed by atoms with Crippen LogP contribution in [0.3, 0.4) is 0 Å². The summed E-state index contributed by atoms with van der Waals surface area (Å²) in [4.78, 5) is 12.9. The van der Waals surface area contributed by atoms with Gasteiger partial charge in [0.25, 0.3) is 0 Å². The Morgan fingerprint density at radius 2 is 1.92 bits per heavy atom. The van der Waals surface area contributed by atoms with Gasteiger partial charge in [0.1, 0.15) is 18.1 Å². The maximum atomic E-state index is 12.1. The maximum absolute atomic E-state index is 12.1. The van der Waals surface area contributed by atoms with Crippen molar-refractivity contribution in [3.8, 4) is 11.5 Å². The van der Waals surface area contributed by atoms with E-state index in [0.717, 1.165) is 25.9 Å². The third kappa shape index (κ3) is 7.64. The summed E-state index contributed by atoms with van der Waals surface area (Å²) in [5, 5.41) is 8.75. The van der Waals surface area contributed by atoms with Gasteiger partial charge in [-0.25, -0.2) is 0 Å². The van der Waals surface area contributed by atoms with E-state index < -0.39 is 12.3 Å². The normalized spacial score (nSPS) is 18.8. The number of rotatable bonds is 8. The summed E-state index contributed by atoms with van der Waals surface area (Å²) in [5.41, 5.74) is 0. The number of hydrogen-bond donors (Lipinski definition) is 1. The molecule has 0 aromatic heterocycles. The van der Waals surface area contributed by atoms with Crippen LogP contribution in [0.15, 0.2) is 24.3 Å². The molecule has 25 heavy (non-hydrogen) atoms. The molecule has 1 heterocycles. The van der Waals surface area contributed by atoms with E-state index in [2.05, 4.69) is 9.64 Å². The number of carboxylic acids is 1. The largest absolute Gasteiger partial charge is 0.573 e. The van der Waals surface area contributed by atoms with Gasteiger partial charge < -0.3 is 14.6 Å². The molecule has 2 rings (SSSR count). The molecule has 5 nitrogen and oxygen atoms in total. The van der Waals surface area contributed by atoms with E-state index in [9.17, 15) is 18.0 Å². The van der Waals surface area contributed by atoms with Gasteiger partial charge in [-0.3, -0.25) is 9.69 Å². The summed E-state index contributed by atoms with van der Waals surface area (Å²) in [6.45, 7) is 2.93. The van der Waals surface area contributed by atoms with Crippen LogP contribution in [-0.4, -0.2) is 48.6 Å². The standard InChI is InChI=1S/C17H22F3NO4/c18-17(19,20)25-15-6-4-14(5-7-15)24-11-10-21-9-1-2-13(12-21)3-8-16(22)23/h4-7,13H,1-3,8-12H2,(H,22,23).